The first-order valence-corrected chi connectivity index (χ1v) is 10.9. The second-order valence-electron chi connectivity index (χ2n) is 7.86. The summed E-state index contributed by atoms with van der Waals surface area (Å²) in [6.45, 7) is 0.456. The number of hydrogen-bond donors (Lipinski definition) is 1. The molecule has 166 valence electrons. The van der Waals surface area contributed by atoms with Gasteiger partial charge in [0.25, 0.3) is 0 Å². The number of rotatable bonds is 7. The number of ether oxygens (including phenoxy) is 1. The fraction of sp³-hybridized carbons (Fsp3) is 0.292. The van der Waals surface area contributed by atoms with E-state index < -0.39 is 0 Å². The standard InChI is InChI=1S/C24H27N5O2S/c1-27(2)17-9-11-18(12-10-17)28-15-6-8-20(28)23-22(19-7-4-5-14-25-19)26-24(32)29(23)16-13-21(30)31-3/h4-12,14-15,22-23H,13,16H2,1-3H3,(H,26,32)/t22-,23-/m0/s1. The number of benzene rings is 1. The molecule has 1 N–H and O–H groups in total. The lowest BCUT2D eigenvalue weighted by Gasteiger charge is -2.28. The molecule has 1 fully saturated rings. The molecule has 0 spiro atoms. The zero-order valence-electron chi connectivity index (χ0n) is 18.4. The number of thiocarbonyl (C=S) groups is 1. The van der Waals surface area contributed by atoms with Gasteiger partial charge in [-0.2, -0.15) is 0 Å². The molecule has 0 radical (unpaired) electrons. The molecule has 1 saturated heterocycles. The third kappa shape index (κ3) is 4.31. The van der Waals surface area contributed by atoms with Crippen molar-refractivity contribution >= 4 is 29.0 Å². The lowest BCUT2D eigenvalue weighted by molar-refractivity contribution is -0.140. The van der Waals surface area contributed by atoms with Gasteiger partial charge in [-0.25, -0.2) is 0 Å². The van der Waals surface area contributed by atoms with Gasteiger partial charge in [0.05, 0.1) is 31.3 Å². The predicted molar refractivity (Wildman–Crippen MR) is 129 cm³/mol. The fourth-order valence-electron chi connectivity index (χ4n) is 4.06. The molecular weight excluding hydrogens is 422 g/mol. The Hall–Kier alpha value is -3.39. The fourth-order valence-corrected chi connectivity index (χ4v) is 4.40. The van der Waals surface area contributed by atoms with Crippen molar-refractivity contribution in [2.24, 2.45) is 0 Å². The minimum atomic E-state index is -0.262. The van der Waals surface area contributed by atoms with Crippen molar-refractivity contribution in [2.75, 3.05) is 32.6 Å². The van der Waals surface area contributed by atoms with Crippen molar-refractivity contribution < 1.29 is 9.53 Å². The molecule has 1 aromatic carbocycles. The number of pyridine rings is 1. The summed E-state index contributed by atoms with van der Waals surface area (Å²) in [4.78, 5) is 20.6. The molecular formula is C24H27N5O2S. The summed E-state index contributed by atoms with van der Waals surface area (Å²) < 4.78 is 7.02. The van der Waals surface area contributed by atoms with Gasteiger partial charge in [-0.05, 0) is 60.7 Å². The SMILES string of the molecule is COC(=O)CCN1C(=S)N[C@@H](c2ccccn2)[C@@H]1c1cccn1-c1ccc(N(C)C)cc1. The number of nitrogens with one attached hydrogen (secondary N) is 1. The Labute approximate surface area is 193 Å². The van der Waals surface area contributed by atoms with Gasteiger partial charge in [-0.3, -0.25) is 9.78 Å². The molecule has 0 unspecified atom stereocenters. The minimum Gasteiger partial charge on any atom is -0.469 e. The highest BCUT2D eigenvalue weighted by Gasteiger charge is 2.41. The van der Waals surface area contributed by atoms with Crippen LogP contribution in [0.15, 0.2) is 67.0 Å². The number of methoxy groups -OCH3 is 1. The summed E-state index contributed by atoms with van der Waals surface area (Å²) in [5.74, 6) is -0.262. The summed E-state index contributed by atoms with van der Waals surface area (Å²) in [7, 11) is 5.45. The quantitative estimate of drug-likeness (QED) is 0.438. The smallest absolute Gasteiger partial charge is 0.307 e. The van der Waals surface area contributed by atoms with Gasteiger partial charge < -0.3 is 24.4 Å². The molecule has 0 aliphatic carbocycles. The van der Waals surface area contributed by atoms with Crippen LogP contribution < -0.4 is 10.2 Å². The van der Waals surface area contributed by atoms with Crippen molar-refractivity contribution in [1.29, 1.82) is 0 Å². The molecule has 2 atom stereocenters. The van der Waals surface area contributed by atoms with E-state index in [4.69, 9.17) is 17.0 Å². The Morgan fingerprint density at radius 1 is 1.16 bits per heavy atom. The van der Waals surface area contributed by atoms with E-state index in [1.54, 1.807) is 6.20 Å². The van der Waals surface area contributed by atoms with Crippen molar-refractivity contribution in [2.45, 2.75) is 18.5 Å². The van der Waals surface area contributed by atoms with Crippen molar-refractivity contribution in [3.8, 4) is 5.69 Å². The van der Waals surface area contributed by atoms with Crippen LogP contribution in [0.5, 0.6) is 0 Å². The van der Waals surface area contributed by atoms with Crippen LogP contribution in [-0.4, -0.2) is 53.3 Å². The number of esters is 1. The van der Waals surface area contributed by atoms with Crippen LogP contribution in [0.2, 0.25) is 0 Å². The second kappa shape index (κ2) is 9.40. The summed E-state index contributed by atoms with van der Waals surface area (Å²) >= 11 is 5.68. The first-order valence-electron chi connectivity index (χ1n) is 10.5. The van der Waals surface area contributed by atoms with Crippen LogP contribution in [0, 0.1) is 0 Å². The van der Waals surface area contributed by atoms with Crippen LogP contribution in [0.25, 0.3) is 5.69 Å². The molecule has 1 aliphatic heterocycles. The Morgan fingerprint density at radius 3 is 2.59 bits per heavy atom. The van der Waals surface area contributed by atoms with E-state index in [1.165, 1.54) is 7.11 Å². The first-order chi connectivity index (χ1) is 15.5. The molecule has 0 saturated carbocycles. The lowest BCUT2D eigenvalue weighted by Crippen LogP contribution is -2.32. The zero-order chi connectivity index (χ0) is 22.7. The third-order valence-electron chi connectivity index (χ3n) is 5.71. The maximum absolute atomic E-state index is 11.9. The van der Waals surface area contributed by atoms with Gasteiger partial charge in [-0.15, -0.1) is 0 Å². The lowest BCUT2D eigenvalue weighted by atomic mass is 10.0. The topological polar surface area (TPSA) is 62.6 Å². The van der Waals surface area contributed by atoms with E-state index in [0.717, 1.165) is 22.8 Å². The van der Waals surface area contributed by atoms with E-state index >= 15 is 0 Å². The molecule has 1 aliphatic rings. The van der Waals surface area contributed by atoms with Crippen LogP contribution in [0.1, 0.15) is 29.9 Å². The van der Waals surface area contributed by atoms with Crippen LogP contribution >= 0.6 is 12.2 Å². The van der Waals surface area contributed by atoms with Crippen molar-refractivity contribution in [3.63, 3.8) is 0 Å². The van der Waals surface area contributed by atoms with Crippen LogP contribution in [0.4, 0.5) is 5.69 Å². The Morgan fingerprint density at radius 2 is 1.94 bits per heavy atom. The zero-order valence-corrected chi connectivity index (χ0v) is 19.2. The van der Waals surface area contributed by atoms with Gasteiger partial charge in [0, 0.05) is 50.1 Å². The summed E-state index contributed by atoms with van der Waals surface area (Å²) in [5, 5.41) is 4.03. The van der Waals surface area contributed by atoms with Gasteiger partial charge in [0.15, 0.2) is 5.11 Å². The van der Waals surface area contributed by atoms with E-state index in [1.807, 2.05) is 38.4 Å². The normalized spacial score (nSPS) is 17.8. The van der Waals surface area contributed by atoms with Gasteiger partial charge in [0.1, 0.15) is 0 Å². The Kier molecular flexibility index (Phi) is 6.41. The molecule has 3 heterocycles. The molecule has 0 bridgehead atoms. The summed E-state index contributed by atoms with van der Waals surface area (Å²) in [5.41, 5.74) is 4.16. The average Bonchev–Trinajstić information content (AvgIpc) is 3.42. The highest BCUT2D eigenvalue weighted by molar-refractivity contribution is 7.80. The molecule has 0 amide bonds. The van der Waals surface area contributed by atoms with Crippen molar-refractivity contribution in [3.05, 3.63) is 78.4 Å². The number of hydrogen-bond acceptors (Lipinski definition) is 5. The maximum atomic E-state index is 11.9. The largest absolute Gasteiger partial charge is 0.469 e. The Balaban J connectivity index is 1.74. The van der Waals surface area contributed by atoms with Crippen molar-refractivity contribution in [1.82, 2.24) is 19.8 Å². The van der Waals surface area contributed by atoms with Crippen LogP contribution in [0.3, 0.4) is 0 Å². The minimum absolute atomic E-state index is 0.134. The highest BCUT2D eigenvalue weighted by atomic mass is 32.1. The van der Waals surface area contributed by atoms with Gasteiger partial charge in [0.2, 0.25) is 0 Å². The maximum Gasteiger partial charge on any atom is 0.307 e. The first kappa shape index (κ1) is 21.8. The highest BCUT2D eigenvalue weighted by Crippen LogP contribution is 2.39. The van der Waals surface area contributed by atoms with Gasteiger partial charge in [-0.1, -0.05) is 6.07 Å². The van der Waals surface area contributed by atoms with E-state index in [-0.39, 0.29) is 24.5 Å². The summed E-state index contributed by atoms with van der Waals surface area (Å²) in [6, 6.07) is 18.1. The van der Waals surface area contributed by atoms with E-state index in [2.05, 4.69) is 61.2 Å². The molecule has 7 nitrogen and oxygen atoms in total. The molecule has 8 heteroatoms. The number of nitrogens with zero attached hydrogens (tertiary/aromatic N) is 4. The molecule has 2 aromatic heterocycles. The van der Waals surface area contributed by atoms with E-state index in [0.29, 0.717) is 11.7 Å². The molecule has 3 aromatic rings. The molecule has 32 heavy (non-hydrogen) atoms. The monoisotopic (exact) mass is 449 g/mol. The number of anilines is 1. The van der Waals surface area contributed by atoms with Crippen LogP contribution in [-0.2, 0) is 9.53 Å². The summed E-state index contributed by atoms with van der Waals surface area (Å²) in [6.07, 6.45) is 4.09. The third-order valence-corrected chi connectivity index (χ3v) is 6.06. The van der Waals surface area contributed by atoms with E-state index in [9.17, 15) is 4.79 Å². The number of carbonyl (C=O) groups excluding carboxylic acids is 1. The second-order valence-corrected chi connectivity index (χ2v) is 8.25. The number of aromatic nitrogens is 2. The van der Waals surface area contributed by atoms with Gasteiger partial charge >= 0.3 is 5.97 Å². The number of carbonyl (C=O) groups is 1. The average molecular weight is 450 g/mol. The predicted octanol–water partition coefficient (Wildman–Crippen LogP) is 3.47. The Bertz CT molecular complexity index is 1080. The molecule has 4 rings (SSSR count).